The topological polar surface area (TPSA) is 69.9 Å². The molecular formula is C35H62O4P2. The number of aliphatic hydroxyl groups excluding tert-OH is 3. The maximum atomic E-state index is 10.8. The third kappa shape index (κ3) is 8.77. The molecule has 0 aromatic heterocycles. The van der Waals surface area contributed by atoms with E-state index < -0.39 is 31.3 Å². The van der Waals surface area contributed by atoms with Gasteiger partial charge in [-0.25, -0.2) is 0 Å². The Morgan fingerprint density at radius 3 is 1.05 bits per heavy atom. The third-order valence-corrected chi connectivity index (χ3v) is 7.79. The van der Waals surface area contributed by atoms with Crippen molar-refractivity contribution >= 4 is 19.8 Å². The van der Waals surface area contributed by atoms with Gasteiger partial charge in [-0.05, 0) is 46.6 Å². The zero-order chi connectivity index (χ0) is 30.4. The van der Waals surface area contributed by atoms with Gasteiger partial charge in [0.2, 0.25) is 0 Å². The largest absolute Gasteiger partial charge is 0.484 e. The van der Waals surface area contributed by atoms with Crippen molar-refractivity contribution in [1.29, 1.82) is 0 Å². The van der Waals surface area contributed by atoms with Crippen LogP contribution in [0.1, 0.15) is 128 Å². The van der Waals surface area contributed by atoms with Crippen molar-refractivity contribution in [3.8, 4) is 5.75 Å². The number of hydrogen-bond donors (Lipinski definition) is 3. The van der Waals surface area contributed by atoms with Crippen molar-refractivity contribution in [2.45, 2.75) is 125 Å². The maximum Gasteiger partial charge on any atom is 0.137 e. The van der Waals surface area contributed by atoms with Gasteiger partial charge >= 0.3 is 0 Å². The molecule has 2 rings (SSSR count). The van der Waals surface area contributed by atoms with Crippen LogP contribution in [0.2, 0.25) is 0 Å². The molecule has 41 heavy (non-hydrogen) atoms. The second-order valence-corrected chi connectivity index (χ2v) is 15.8. The lowest BCUT2D eigenvalue weighted by atomic mass is 9.69. The molecule has 0 radical (unpaired) electrons. The van der Waals surface area contributed by atoms with Crippen LogP contribution in [-0.4, -0.2) is 35.1 Å². The van der Waals surface area contributed by atoms with Crippen LogP contribution in [-0.2, 0) is 21.7 Å². The minimum absolute atomic E-state index is 0. The van der Waals surface area contributed by atoms with Crippen LogP contribution in [0.3, 0.4) is 0 Å². The van der Waals surface area contributed by atoms with E-state index in [1.165, 1.54) is 0 Å². The molecule has 0 aliphatic heterocycles. The first kappa shape index (κ1) is 40.0. The van der Waals surface area contributed by atoms with Gasteiger partial charge in [-0.1, -0.05) is 118 Å². The van der Waals surface area contributed by atoms with E-state index in [-0.39, 0.29) is 41.5 Å². The lowest BCUT2D eigenvalue weighted by molar-refractivity contribution is -0.0761. The van der Waals surface area contributed by atoms with E-state index in [9.17, 15) is 15.3 Å². The zero-order valence-corrected chi connectivity index (χ0v) is 31.5. The lowest BCUT2D eigenvalue weighted by Gasteiger charge is -2.43. The van der Waals surface area contributed by atoms with Crippen LogP contribution in [0.5, 0.6) is 5.75 Å². The highest BCUT2D eigenvalue weighted by atomic mass is 31.0. The van der Waals surface area contributed by atoms with Gasteiger partial charge < -0.3 is 20.1 Å². The predicted octanol–water partition coefficient (Wildman–Crippen LogP) is 7.69. The summed E-state index contributed by atoms with van der Waals surface area (Å²) < 4.78 is 7.24. The van der Waals surface area contributed by atoms with E-state index in [1.54, 1.807) is 0 Å². The Bertz CT molecular complexity index is 1080. The molecule has 0 bridgehead atoms. The van der Waals surface area contributed by atoms with Crippen molar-refractivity contribution in [1.82, 2.24) is 0 Å². The Morgan fingerprint density at radius 2 is 0.805 bits per heavy atom. The number of hydrogen-bond acceptors (Lipinski definition) is 4. The normalized spacial score (nSPS) is 13.8. The number of rotatable bonds is 7. The molecule has 0 aliphatic carbocycles. The highest BCUT2D eigenvalue weighted by molar-refractivity contribution is 6.92. The number of aliphatic hydroxyl groups is 3. The van der Waals surface area contributed by atoms with Gasteiger partial charge in [0.05, 0.1) is 25.2 Å². The van der Waals surface area contributed by atoms with E-state index >= 15 is 0 Å². The molecule has 0 spiro atoms. The van der Waals surface area contributed by atoms with E-state index in [1.807, 2.05) is 0 Å². The van der Waals surface area contributed by atoms with Crippen LogP contribution >= 0.6 is 19.8 Å². The molecule has 2 aromatic carbocycles. The first-order chi connectivity index (χ1) is 17.5. The molecule has 3 atom stereocenters. The molecule has 0 fully saturated rings. The molecule has 236 valence electrons. The molecule has 0 saturated heterocycles. The summed E-state index contributed by atoms with van der Waals surface area (Å²) in [6.45, 7) is 29.1. The van der Waals surface area contributed by atoms with Gasteiger partial charge in [-0.3, -0.25) is 0 Å². The van der Waals surface area contributed by atoms with Gasteiger partial charge in [0.1, 0.15) is 11.9 Å². The summed E-state index contributed by atoms with van der Waals surface area (Å²) >= 11 is 0. The van der Waals surface area contributed by atoms with Crippen LogP contribution in [0, 0.1) is 19.3 Å². The molecule has 3 unspecified atom stereocenters. The van der Waals surface area contributed by atoms with Gasteiger partial charge in [0.15, 0.2) is 0 Å². The maximum absolute atomic E-state index is 10.8. The number of ether oxygens (including phenoxy) is 1. The quantitative estimate of drug-likeness (QED) is 0.282. The van der Waals surface area contributed by atoms with Crippen LogP contribution in [0.4, 0.5) is 0 Å². The van der Waals surface area contributed by atoms with Gasteiger partial charge in [0, 0.05) is 16.7 Å². The van der Waals surface area contributed by atoms with Gasteiger partial charge in [-0.2, -0.15) is 19.8 Å². The second kappa shape index (κ2) is 13.7. The Hall–Kier alpha value is -1.02. The van der Waals surface area contributed by atoms with Crippen molar-refractivity contribution in [3.05, 3.63) is 63.2 Å². The van der Waals surface area contributed by atoms with Crippen LogP contribution in [0.15, 0.2) is 24.3 Å². The van der Waals surface area contributed by atoms with Crippen molar-refractivity contribution in [3.63, 3.8) is 0 Å². The summed E-state index contributed by atoms with van der Waals surface area (Å²) in [7, 11) is 0. The fraction of sp³-hybridized carbons (Fsp3) is 0.657. The lowest BCUT2D eigenvalue weighted by Crippen LogP contribution is -2.45. The van der Waals surface area contributed by atoms with Gasteiger partial charge in [0.25, 0.3) is 0 Å². The molecule has 4 nitrogen and oxygen atoms in total. The average Bonchev–Trinajstić information content (AvgIpc) is 2.77. The van der Waals surface area contributed by atoms with E-state index in [0.29, 0.717) is 0 Å². The summed E-state index contributed by atoms with van der Waals surface area (Å²) in [5.41, 5.74) is 5.33. The SMILES string of the molecule is Cc1cc(C(C)(C)C)c(OC(c2c(C(C)(C)C)cc(C)cc2C(C)(C)C)C(CO)(CO)CO)c(C(C)(C)C)c1.P.P. The fourth-order valence-electron chi connectivity index (χ4n) is 5.34. The molecular weight excluding hydrogens is 546 g/mol. The third-order valence-electron chi connectivity index (χ3n) is 7.79. The Morgan fingerprint density at radius 1 is 0.537 bits per heavy atom. The first-order valence-corrected chi connectivity index (χ1v) is 14.3. The van der Waals surface area contributed by atoms with Gasteiger partial charge in [-0.15, -0.1) is 0 Å². The average molecular weight is 609 g/mol. The summed E-state index contributed by atoms with van der Waals surface area (Å²) in [5.74, 6) is 0.769. The predicted molar refractivity (Wildman–Crippen MR) is 186 cm³/mol. The van der Waals surface area contributed by atoms with Crippen LogP contribution < -0.4 is 4.74 Å². The molecule has 3 N–H and O–H groups in total. The second-order valence-electron chi connectivity index (χ2n) is 15.8. The van der Waals surface area contributed by atoms with Crippen LogP contribution in [0.25, 0.3) is 0 Å². The summed E-state index contributed by atoms with van der Waals surface area (Å²) in [4.78, 5) is 0. The Balaban J connectivity index is 0.00000800. The van der Waals surface area contributed by atoms with Crippen molar-refractivity contribution in [2.75, 3.05) is 19.8 Å². The summed E-state index contributed by atoms with van der Waals surface area (Å²) in [6.07, 6.45) is -0.800. The molecule has 6 heteroatoms. The standard InChI is InChI=1S/C35H56O4.2H3P/c1-22-15-24(31(3,4)5)28(25(16-22)32(6,7)8)30(35(19-36,20-37)21-38)39-29-26(33(9,10)11)17-23(2)18-27(29)34(12,13)14;;/h15-18,30,36-38H,19-21H2,1-14H3;2*1H3. The molecule has 0 saturated carbocycles. The molecule has 0 amide bonds. The first-order valence-electron chi connectivity index (χ1n) is 14.3. The Labute approximate surface area is 258 Å². The zero-order valence-electron chi connectivity index (χ0n) is 28.7. The van der Waals surface area contributed by atoms with E-state index in [4.69, 9.17) is 4.74 Å². The highest BCUT2D eigenvalue weighted by Crippen LogP contribution is 2.50. The molecule has 0 aliphatic rings. The summed E-state index contributed by atoms with van der Waals surface area (Å²) in [5, 5.41) is 32.5. The van der Waals surface area contributed by atoms with Crippen molar-refractivity contribution in [2.24, 2.45) is 5.41 Å². The minimum atomic E-state index is -1.32. The minimum Gasteiger partial charge on any atom is -0.484 e. The van der Waals surface area contributed by atoms with Crippen molar-refractivity contribution < 1.29 is 20.1 Å². The monoisotopic (exact) mass is 608 g/mol. The number of aryl methyl sites for hydroxylation is 2. The number of benzene rings is 2. The smallest absolute Gasteiger partial charge is 0.137 e. The molecule has 0 heterocycles. The molecule has 2 aromatic rings. The Kier molecular flexibility index (Phi) is 13.4. The van der Waals surface area contributed by atoms with E-state index in [2.05, 4.69) is 121 Å². The summed E-state index contributed by atoms with van der Waals surface area (Å²) in [6, 6.07) is 8.76. The highest BCUT2D eigenvalue weighted by Gasteiger charge is 2.46. The van der Waals surface area contributed by atoms with E-state index in [0.717, 1.165) is 44.7 Å². The fourth-order valence-corrected chi connectivity index (χ4v) is 5.34.